The zero-order valence-corrected chi connectivity index (χ0v) is 17.5. The molecule has 29 heavy (non-hydrogen) atoms. The lowest BCUT2D eigenvalue weighted by molar-refractivity contribution is -0.111. The molecule has 0 radical (unpaired) electrons. The number of anilines is 1. The van der Waals surface area contributed by atoms with Crippen LogP contribution in [0.4, 0.5) is 10.5 Å². The Balaban J connectivity index is 1.94. The number of alkyl carbamates (subject to hydrolysis) is 1. The molecule has 1 atom stereocenters. The average molecular weight is 402 g/mol. The number of carbonyl (C=O) groups excluding carboxylic acids is 3. The van der Waals surface area contributed by atoms with Gasteiger partial charge in [-0.25, -0.2) is 4.79 Å². The van der Waals surface area contributed by atoms with Crippen molar-refractivity contribution in [3.8, 4) is 0 Å². The van der Waals surface area contributed by atoms with Crippen LogP contribution in [-0.2, 0) is 9.53 Å². The summed E-state index contributed by atoms with van der Waals surface area (Å²) in [5.74, 6) is -0.328. The lowest BCUT2D eigenvalue weighted by Crippen LogP contribution is -2.45. The molecule has 1 aliphatic heterocycles. The van der Waals surface area contributed by atoms with Crippen molar-refractivity contribution in [3.63, 3.8) is 0 Å². The highest BCUT2D eigenvalue weighted by molar-refractivity contribution is 5.99. The van der Waals surface area contributed by atoms with E-state index in [2.05, 4.69) is 17.2 Å². The van der Waals surface area contributed by atoms with E-state index in [1.165, 1.54) is 6.08 Å². The molecule has 1 aromatic carbocycles. The molecule has 158 valence electrons. The standard InChI is InChI=1S/C22H31N3O4/c1-5-19(26)24-17-11-9-16(10-12-17)20(27)25-15-7-6-8-18(25)13-14-23-21(28)29-22(2,3)4/h5,9-12,18H,1,6-8,13-15H2,2-4H3,(H,23,28)(H,24,26). The fraction of sp³-hybridized carbons (Fsp3) is 0.500. The topological polar surface area (TPSA) is 87.7 Å². The summed E-state index contributed by atoms with van der Waals surface area (Å²) in [6.07, 6.45) is 4.38. The second-order valence-electron chi connectivity index (χ2n) is 8.14. The SMILES string of the molecule is C=CC(=O)Nc1ccc(C(=O)N2CCCCC2CCNC(=O)OC(C)(C)C)cc1. The Morgan fingerprint density at radius 3 is 2.52 bits per heavy atom. The van der Waals surface area contributed by atoms with Crippen LogP contribution in [0, 0.1) is 0 Å². The van der Waals surface area contributed by atoms with Crippen LogP contribution >= 0.6 is 0 Å². The number of piperidine rings is 1. The van der Waals surface area contributed by atoms with Gasteiger partial charge in [-0.05, 0) is 76.8 Å². The first-order valence-corrected chi connectivity index (χ1v) is 10.0. The largest absolute Gasteiger partial charge is 0.444 e. The molecule has 3 amide bonds. The number of nitrogens with one attached hydrogen (secondary N) is 2. The molecule has 1 unspecified atom stereocenters. The fourth-order valence-corrected chi connectivity index (χ4v) is 3.28. The molecule has 0 bridgehead atoms. The number of ether oxygens (including phenoxy) is 1. The van der Waals surface area contributed by atoms with Gasteiger partial charge in [0.2, 0.25) is 5.91 Å². The van der Waals surface area contributed by atoms with E-state index >= 15 is 0 Å². The predicted molar refractivity (Wildman–Crippen MR) is 113 cm³/mol. The highest BCUT2D eigenvalue weighted by Crippen LogP contribution is 2.22. The predicted octanol–water partition coefficient (Wildman–Crippen LogP) is 3.72. The third-order valence-electron chi connectivity index (χ3n) is 4.62. The van der Waals surface area contributed by atoms with E-state index in [1.807, 2.05) is 25.7 Å². The van der Waals surface area contributed by atoms with E-state index in [9.17, 15) is 14.4 Å². The highest BCUT2D eigenvalue weighted by atomic mass is 16.6. The molecule has 1 saturated heterocycles. The number of hydrogen-bond donors (Lipinski definition) is 2. The van der Waals surface area contributed by atoms with E-state index in [1.54, 1.807) is 24.3 Å². The molecular formula is C22H31N3O4. The van der Waals surface area contributed by atoms with Gasteiger partial charge in [-0.15, -0.1) is 0 Å². The molecule has 1 heterocycles. The molecule has 7 heteroatoms. The first-order valence-electron chi connectivity index (χ1n) is 10.0. The molecular weight excluding hydrogens is 370 g/mol. The summed E-state index contributed by atoms with van der Waals surface area (Å²) in [4.78, 5) is 38.1. The minimum absolute atomic E-state index is 0.0337. The highest BCUT2D eigenvalue weighted by Gasteiger charge is 2.27. The summed E-state index contributed by atoms with van der Waals surface area (Å²) in [7, 11) is 0. The first-order chi connectivity index (χ1) is 13.7. The summed E-state index contributed by atoms with van der Waals surface area (Å²) in [5.41, 5.74) is 0.658. The van der Waals surface area contributed by atoms with E-state index in [-0.39, 0.29) is 17.9 Å². The number of rotatable bonds is 6. The van der Waals surface area contributed by atoms with Crippen LogP contribution in [0.15, 0.2) is 36.9 Å². The quantitative estimate of drug-likeness (QED) is 0.711. The van der Waals surface area contributed by atoms with Gasteiger partial charge in [-0.3, -0.25) is 9.59 Å². The van der Waals surface area contributed by atoms with Crippen molar-refractivity contribution < 1.29 is 19.1 Å². The monoisotopic (exact) mass is 401 g/mol. The molecule has 0 spiro atoms. The lowest BCUT2D eigenvalue weighted by Gasteiger charge is -2.36. The number of nitrogens with zero attached hydrogens (tertiary/aromatic N) is 1. The molecule has 7 nitrogen and oxygen atoms in total. The van der Waals surface area contributed by atoms with Gasteiger partial charge in [0.05, 0.1) is 0 Å². The molecule has 2 rings (SSSR count). The van der Waals surface area contributed by atoms with Gasteiger partial charge in [0.1, 0.15) is 5.60 Å². The van der Waals surface area contributed by atoms with Gasteiger partial charge >= 0.3 is 6.09 Å². The van der Waals surface area contributed by atoms with E-state index < -0.39 is 11.7 Å². The zero-order chi connectivity index (χ0) is 21.4. The van der Waals surface area contributed by atoms with Gasteiger partial charge < -0.3 is 20.3 Å². The third-order valence-corrected chi connectivity index (χ3v) is 4.62. The summed E-state index contributed by atoms with van der Waals surface area (Å²) in [6, 6.07) is 6.92. The van der Waals surface area contributed by atoms with Crippen molar-refractivity contribution in [1.29, 1.82) is 0 Å². The van der Waals surface area contributed by atoms with E-state index in [0.717, 1.165) is 19.3 Å². The van der Waals surface area contributed by atoms with Crippen LogP contribution < -0.4 is 10.6 Å². The zero-order valence-electron chi connectivity index (χ0n) is 17.5. The summed E-state index contributed by atoms with van der Waals surface area (Å²) < 4.78 is 5.25. The maximum atomic E-state index is 13.0. The lowest BCUT2D eigenvalue weighted by atomic mass is 9.98. The number of benzene rings is 1. The Morgan fingerprint density at radius 1 is 1.21 bits per heavy atom. The Hall–Kier alpha value is -2.83. The van der Waals surface area contributed by atoms with Crippen molar-refractivity contribution in [1.82, 2.24) is 10.2 Å². The Bertz CT molecular complexity index is 737. The van der Waals surface area contributed by atoms with Crippen molar-refractivity contribution in [2.24, 2.45) is 0 Å². The van der Waals surface area contributed by atoms with Gasteiger partial charge in [0, 0.05) is 30.4 Å². The van der Waals surface area contributed by atoms with Crippen molar-refractivity contribution in [3.05, 3.63) is 42.5 Å². The van der Waals surface area contributed by atoms with Crippen molar-refractivity contribution >= 4 is 23.6 Å². The second kappa shape index (κ2) is 10.1. The van der Waals surface area contributed by atoms with Gasteiger partial charge in [-0.2, -0.15) is 0 Å². The van der Waals surface area contributed by atoms with Crippen LogP contribution in [0.2, 0.25) is 0 Å². The molecule has 2 N–H and O–H groups in total. The number of amides is 3. The third kappa shape index (κ3) is 7.25. The Kier molecular flexibility index (Phi) is 7.82. The number of hydrogen-bond acceptors (Lipinski definition) is 4. The Labute approximate surface area is 172 Å². The second-order valence-corrected chi connectivity index (χ2v) is 8.14. The summed E-state index contributed by atoms with van der Waals surface area (Å²) in [5, 5.41) is 5.44. The van der Waals surface area contributed by atoms with Crippen molar-refractivity contribution in [2.75, 3.05) is 18.4 Å². The van der Waals surface area contributed by atoms with Crippen molar-refractivity contribution in [2.45, 2.75) is 58.1 Å². The minimum Gasteiger partial charge on any atom is -0.444 e. The molecule has 1 aliphatic rings. The summed E-state index contributed by atoms with van der Waals surface area (Å²) in [6.45, 7) is 10.0. The normalized spacial score (nSPS) is 16.7. The van der Waals surface area contributed by atoms with E-state index in [0.29, 0.717) is 30.8 Å². The molecule has 1 aromatic rings. The van der Waals surface area contributed by atoms with Gasteiger partial charge in [-0.1, -0.05) is 6.58 Å². The van der Waals surface area contributed by atoms with Gasteiger partial charge in [0.25, 0.3) is 5.91 Å². The fourth-order valence-electron chi connectivity index (χ4n) is 3.28. The average Bonchev–Trinajstić information content (AvgIpc) is 2.67. The van der Waals surface area contributed by atoms with Crippen LogP contribution in [0.3, 0.4) is 0 Å². The maximum Gasteiger partial charge on any atom is 0.407 e. The van der Waals surface area contributed by atoms with Crippen LogP contribution in [0.25, 0.3) is 0 Å². The first kappa shape index (κ1) is 22.5. The molecule has 0 saturated carbocycles. The molecule has 1 fully saturated rings. The summed E-state index contributed by atoms with van der Waals surface area (Å²) >= 11 is 0. The number of carbonyl (C=O) groups is 3. The van der Waals surface area contributed by atoms with Gasteiger partial charge in [0.15, 0.2) is 0 Å². The number of likely N-dealkylation sites (tertiary alicyclic amines) is 1. The van der Waals surface area contributed by atoms with Crippen LogP contribution in [-0.4, -0.2) is 47.5 Å². The van der Waals surface area contributed by atoms with Crippen LogP contribution in [0.5, 0.6) is 0 Å². The Morgan fingerprint density at radius 2 is 1.90 bits per heavy atom. The molecule has 0 aliphatic carbocycles. The minimum atomic E-state index is -0.534. The van der Waals surface area contributed by atoms with Crippen LogP contribution in [0.1, 0.15) is 56.8 Å². The smallest absolute Gasteiger partial charge is 0.407 e. The molecule has 0 aromatic heterocycles. The maximum absolute atomic E-state index is 13.0. The van der Waals surface area contributed by atoms with E-state index in [4.69, 9.17) is 4.74 Å².